The number of hydrogen-bond donors (Lipinski definition) is 3. The lowest BCUT2D eigenvalue weighted by Gasteiger charge is -2.34. The van der Waals surface area contributed by atoms with E-state index in [4.69, 9.17) is 0 Å². The third kappa shape index (κ3) is 4.93. The van der Waals surface area contributed by atoms with Crippen molar-refractivity contribution in [1.82, 2.24) is 30.7 Å². The second-order valence-corrected chi connectivity index (χ2v) is 6.06. The monoisotopic (exact) mass is 343 g/mol. The van der Waals surface area contributed by atoms with E-state index in [2.05, 4.69) is 42.5 Å². The molecule has 3 rings (SSSR count). The molecule has 1 fully saturated rings. The number of likely N-dealkylation sites (N-methyl/N-ethyl adjacent to an activating group) is 1. The van der Waals surface area contributed by atoms with Gasteiger partial charge in [-0.15, -0.1) is 0 Å². The Morgan fingerprint density at radius 1 is 1.16 bits per heavy atom. The molecule has 0 aliphatic carbocycles. The lowest BCUT2D eigenvalue weighted by Crippen LogP contribution is -2.46. The summed E-state index contributed by atoms with van der Waals surface area (Å²) < 4.78 is 0. The number of anilines is 1. The van der Waals surface area contributed by atoms with Gasteiger partial charge < -0.3 is 20.4 Å². The molecule has 0 bridgehead atoms. The number of carbonyl (C=O) groups is 1. The highest BCUT2D eigenvalue weighted by molar-refractivity contribution is 5.73. The fourth-order valence-electron chi connectivity index (χ4n) is 2.80. The molecule has 8 nitrogen and oxygen atoms in total. The normalized spacial score (nSPS) is 15.2. The van der Waals surface area contributed by atoms with Crippen LogP contribution in [0.5, 0.6) is 0 Å². The summed E-state index contributed by atoms with van der Waals surface area (Å²) in [6.45, 7) is 8.35. The number of piperazine rings is 1. The van der Waals surface area contributed by atoms with Crippen molar-refractivity contribution in [2.24, 2.45) is 0 Å². The zero-order valence-electron chi connectivity index (χ0n) is 14.5. The Hall–Kier alpha value is -2.61. The van der Waals surface area contributed by atoms with Crippen molar-refractivity contribution in [3.63, 3.8) is 0 Å². The number of aromatic nitrogens is 3. The van der Waals surface area contributed by atoms with Gasteiger partial charge in [-0.3, -0.25) is 5.10 Å². The topological polar surface area (TPSA) is 89.2 Å². The molecule has 2 aromatic rings. The first-order valence-electron chi connectivity index (χ1n) is 8.67. The summed E-state index contributed by atoms with van der Waals surface area (Å²) in [6.07, 6.45) is 3.49. The van der Waals surface area contributed by atoms with Crippen LogP contribution in [0.2, 0.25) is 0 Å². The quantitative estimate of drug-likeness (QED) is 0.727. The van der Waals surface area contributed by atoms with Crippen molar-refractivity contribution in [1.29, 1.82) is 0 Å². The van der Waals surface area contributed by atoms with Gasteiger partial charge in [0.05, 0.1) is 12.2 Å². The molecular weight excluding hydrogens is 318 g/mol. The standard InChI is InChI=1S/C17H25N7O/c1-2-23-7-9-24(10-8-23)16-4-3-14(11-18-16)12-19-17(25)20-13-15-5-6-21-22-15/h3-6,11H,2,7-10,12-13H2,1H3,(H,21,22)(H2,19,20,25). The molecule has 1 aliphatic heterocycles. The Labute approximate surface area is 147 Å². The first-order valence-corrected chi connectivity index (χ1v) is 8.67. The summed E-state index contributed by atoms with van der Waals surface area (Å²) in [7, 11) is 0. The molecule has 0 spiro atoms. The number of amides is 2. The van der Waals surface area contributed by atoms with Crippen LogP contribution in [0.25, 0.3) is 0 Å². The predicted molar refractivity (Wildman–Crippen MR) is 96.2 cm³/mol. The molecule has 2 aromatic heterocycles. The summed E-state index contributed by atoms with van der Waals surface area (Å²) in [5.74, 6) is 1.00. The van der Waals surface area contributed by atoms with Crippen LogP contribution in [0.1, 0.15) is 18.2 Å². The number of hydrogen-bond acceptors (Lipinski definition) is 5. The fourth-order valence-corrected chi connectivity index (χ4v) is 2.80. The van der Waals surface area contributed by atoms with Gasteiger partial charge in [-0.05, 0) is 24.2 Å². The van der Waals surface area contributed by atoms with Gasteiger partial charge in [0.2, 0.25) is 0 Å². The molecule has 0 radical (unpaired) electrons. The van der Waals surface area contributed by atoms with E-state index in [1.807, 2.05) is 24.4 Å². The van der Waals surface area contributed by atoms with Gasteiger partial charge in [-0.25, -0.2) is 9.78 Å². The second kappa shape index (κ2) is 8.48. The van der Waals surface area contributed by atoms with Gasteiger partial charge >= 0.3 is 6.03 Å². The molecule has 1 saturated heterocycles. The van der Waals surface area contributed by atoms with Crippen LogP contribution in [0.4, 0.5) is 10.6 Å². The van der Waals surface area contributed by atoms with E-state index in [9.17, 15) is 4.79 Å². The van der Waals surface area contributed by atoms with E-state index in [0.29, 0.717) is 13.1 Å². The average molecular weight is 343 g/mol. The number of nitrogens with zero attached hydrogens (tertiary/aromatic N) is 4. The van der Waals surface area contributed by atoms with Crippen molar-refractivity contribution in [3.8, 4) is 0 Å². The summed E-state index contributed by atoms with van der Waals surface area (Å²) >= 11 is 0. The van der Waals surface area contributed by atoms with Gasteiger partial charge in [-0.1, -0.05) is 13.0 Å². The van der Waals surface area contributed by atoms with Crippen molar-refractivity contribution < 1.29 is 4.79 Å². The van der Waals surface area contributed by atoms with E-state index < -0.39 is 0 Å². The molecule has 0 aromatic carbocycles. The minimum Gasteiger partial charge on any atom is -0.354 e. The zero-order valence-corrected chi connectivity index (χ0v) is 14.5. The van der Waals surface area contributed by atoms with Crippen LogP contribution in [-0.4, -0.2) is 58.8 Å². The van der Waals surface area contributed by atoms with Crippen LogP contribution in [0, 0.1) is 0 Å². The number of rotatable bonds is 6. The summed E-state index contributed by atoms with van der Waals surface area (Å²) in [5.41, 5.74) is 1.84. The minimum atomic E-state index is -0.214. The summed E-state index contributed by atoms with van der Waals surface area (Å²) in [5, 5.41) is 12.2. The number of pyridine rings is 1. The highest BCUT2D eigenvalue weighted by atomic mass is 16.2. The van der Waals surface area contributed by atoms with E-state index in [0.717, 1.165) is 49.8 Å². The van der Waals surface area contributed by atoms with E-state index in [1.165, 1.54) is 0 Å². The van der Waals surface area contributed by atoms with Crippen LogP contribution in [0.3, 0.4) is 0 Å². The highest BCUT2D eigenvalue weighted by Gasteiger charge is 2.16. The molecule has 0 saturated carbocycles. The first kappa shape index (κ1) is 17.2. The molecule has 25 heavy (non-hydrogen) atoms. The van der Waals surface area contributed by atoms with E-state index in [-0.39, 0.29) is 6.03 Å². The van der Waals surface area contributed by atoms with Crippen LogP contribution >= 0.6 is 0 Å². The number of aromatic amines is 1. The Balaban J connectivity index is 1.42. The third-order valence-corrected chi connectivity index (χ3v) is 4.40. The molecule has 8 heteroatoms. The Morgan fingerprint density at radius 3 is 2.60 bits per heavy atom. The summed E-state index contributed by atoms with van der Waals surface area (Å²) in [4.78, 5) is 21.1. The molecule has 2 amide bonds. The van der Waals surface area contributed by atoms with E-state index >= 15 is 0 Å². The van der Waals surface area contributed by atoms with Crippen LogP contribution < -0.4 is 15.5 Å². The molecule has 0 unspecified atom stereocenters. The maximum absolute atomic E-state index is 11.8. The predicted octanol–water partition coefficient (Wildman–Crippen LogP) is 0.946. The Bertz CT molecular complexity index is 648. The third-order valence-electron chi connectivity index (χ3n) is 4.40. The van der Waals surface area contributed by atoms with Crippen LogP contribution in [-0.2, 0) is 13.1 Å². The Morgan fingerprint density at radius 2 is 1.96 bits per heavy atom. The number of carbonyl (C=O) groups excluding carboxylic acids is 1. The smallest absolute Gasteiger partial charge is 0.315 e. The molecule has 3 N–H and O–H groups in total. The maximum atomic E-state index is 11.8. The lowest BCUT2D eigenvalue weighted by molar-refractivity contribution is 0.240. The van der Waals surface area contributed by atoms with Crippen molar-refractivity contribution in [2.45, 2.75) is 20.0 Å². The fraction of sp³-hybridized carbons (Fsp3) is 0.471. The minimum absolute atomic E-state index is 0.214. The lowest BCUT2D eigenvalue weighted by atomic mass is 10.2. The molecule has 0 atom stereocenters. The van der Waals surface area contributed by atoms with Gasteiger partial charge in [-0.2, -0.15) is 5.10 Å². The zero-order chi connectivity index (χ0) is 17.5. The summed E-state index contributed by atoms with van der Waals surface area (Å²) in [6, 6.07) is 5.66. The second-order valence-electron chi connectivity index (χ2n) is 6.06. The van der Waals surface area contributed by atoms with Gasteiger partial charge in [0.25, 0.3) is 0 Å². The van der Waals surface area contributed by atoms with Crippen molar-refractivity contribution >= 4 is 11.8 Å². The molecule has 134 valence electrons. The van der Waals surface area contributed by atoms with Gasteiger partial charge in [0.1, 0.15) is 5.82 Å². The van der Waals surface area contributed by atoms with Crippen LogP contribution in [0.15, 0.2) is 30.6 Å². The first-order chi connectivity index (χ1) is 12.2. The molecule has 1 aliphatic rings. The van der Waals surface area contributed by atoms with Crippen molar-refractivity contribution in [3.05, 3.63) is 41.9 Å². The SMILES string of the molecule is CCN1CCN(c2ccc(CNC(=O)NCc3ccn[nH]3)cn2)CC1. The van der Waals surface area contributed by atoms with Crippen molar-refractivity contribution in [2.75, 3.05) is 37.6 Å². The highest BCUT2D eigenvalue weighted by Crippen LogP contribution is 2.14. The average Bonchev–Trinajstić information content (AvgIpc) is 3.19. The Kier molecular flexibility index (Phi) is 5.84. The number of urea groups is 1. The molecular formula is C17H25N7O. The van der Waals surface area contributed by atoms with E-state index in [1.54, 1.807) is 6.20 Å². The maximum Gasteiger partial charge on any atom is 0.315 e. The number of H-pyrrole nitrogens is 1. The number of nitrogens with one attached hydrogen (secondary N) is 3. The largest absolute Gasteiger partial charge is 0.354 e. The van der Waals surface area contributed by atoms with Gasteiger partial charge in [0.15, 0.2) is 0 Å². The molecule has 3 heterocycles. The van der Waals surface area contributed by atoms with Gasteiger partial charge in [0, 0.05) is 45.1 Å².